The number of aliphatic hydroxyl groups is 1. The molecule has 2 unspecified atom stereocenters. The molecule has 2 aliphatic heterocycles. The molecule has 2 rings (SSSR count). The van der Waals surface area contributed by atoms with Crippen molar-refractivity contribution >= 4 is 17.7 Å². The SMILES string of the molecule is O=C1COC(CO)CN1CC1CCSC1. The van der Waals surface area contributed by atoms with E-state index in [2.05, 4.69) is 0 Å². The van der Waals surface area contributed by atoms with Crippen molar-refractivity contribution in [3.8, 4) is 0 Å². The summed E-state index contributed by atoms with van der Waals surface area (Å²) < 4.78 is 5.19. The molecular weight excluding hydrogens is 214 g/mol. The molecule has 0 spiro atoms. The van der Waals surface area contributed by atoms with Crippen LogP contribution in [0.5, 0.6) is 0 Å². The van der Waals surface area contributed by atoms with Gasteiger partial charge >= 0.3 is 0 Å². The lowest BCUT2D eigenvalue weighted by Gasteiger charge is -2.33. The molecule has 0 radical (unpaired) electrons. The summed E-state index contributed by atoms with van der Waals surface area (Å²) in [6.07, 6.45) is 1.02. The first-order valence-electron chi connectivity index (χ1n) is 5.37. The molecule has 2 atom stereocenters. The van der Waals surface area contributed by atoms with Crippen LogP contribution in [-0.4, -0.2) is 59.8 Å². The molecule has 2 aliphatic rings. The molecular formula is C10H17NO3S. The fourth-order valence-electron chi connectivity index (χ4n) is 2.01. The molecule has 15 heavy (non-hydrogen) atoms. The van der Waals surface area contributed by atoms with Crippen LogP contribution in [0.3, 0.4) is 0 Å². The second kappa shape index (κ2) is 5.18. The van der Waals surface area contributed by atoms with Gasteiger partial charge in [0.15, 0.2) is 0 Å². The molecule has 0 bridgehead atoms. The number of hydrogen-bond donors (Lipinski definition) is 1. The first-order valence-corrected chi connectivity index (χ1v) is 6.53. The Labute approximate surface area is 94.0 Å². The first-order chi connectivity index (χ1) is 7.29. The van der Waals surface area contributed by atoms with Gasteiger partial charge in [-0.1, -0.05) is 0 Å². The van der Waals surface area contributed by atoms with Gasteiger partial charge in [0.2, 0.25) is 5.91 Å². The van der Waals surface area contributed by atoms with Crippen LogP contribution in [0.25, 0.3) is 0 Å². The number of carbonyl (C=O) groups excluding carboxylic acids is 1. The lowest BCUT2D eigenvalue weighted by Crippen LogP contribution is -2.49. The second-order valence-corrected chi connectivity index (χ2v) is 5.29. The number of nitrogens with zero attached hydrogens (tertiary/aromatic N) is 1. The van der Waals surface area contributed by atoms with Crippen molar-refractivity contribution < 1.29 is 14.6 Å². The molecule has 0 aromatic heterocycles. The van der Waals surface area contributed by atoms with Crippen molar-refractivity contribution in [1.82, 2.24) is 4.90 Å². The van der Waals surface area contributed by atoms with Gasteiger partial charge in [0.05, 0.1) is 12.7 Å². The summed E-state index contributed by atoms with van der Waals surface area (Å²) in [6.45, 7) is 1.52. The summed E-state index contributed by atoms with van der Waals surface area (Å²) in [5, 5.41) is 8.99. The van der Waals surface area contributed by atoms with Crippen molar-refractivity contribution in [3.05, 3.63) is 0 Å². The molecule has 5 heteroatoms. The summed E-state index contributed by atoms with van der Waals surface area (Å²) in [6, 6.07) is 0. The molecule has 0 aromatic rings. The van der Waals surface area contributed by atoms with E-state index in [0.717, 1.165) is 12.3 Å². The zero-order valence-electron chi connectivity index (χ0n) is 8.72. The van der Waals surface area contributed by atoms with Crippen molar-refractivity contribution in [3.63, 3.8) is 0 Å². The molecule has 0 aliphatic carbocycles. The maximum absolute atomic E-state index is 11.6. The number of carbonyl (C=O) groups is 1. The fourth-order valence-corrected chi connectivity index (χ4v) is 3.28. The highest BCUT2D eigenvalue weighted by Crippen LogP contribution is 2.24. The smallest absolute Gasteiger partial charge is 0.248 e. The van der Waals surface area contributed by atoms with Crippen LogP contribution in [-0.2, 0) is 9.53 Å². The fraction of sp³-hybridized carbons (Fsp3) is 0.900. The third kappa shape index (κ3) is 2.86. The minimum Gasteiger partial charge on any atom is -0.394 e. The van der Waals surface area contributed by atoms with Crippen molar-refractivity contribution in [1.29, 1.82) is 0 Å². The Morgan fingerprint density at radius 2 is 2.47 bits per heavy atom. The summed E-state index contributed by atoms with van der Waals surface area (Å²) in [5.41, 5.74) is 0. The van der Waals surface area contributed by atoms with E-state index in [1.807, 2.05) is 16.7 Å². The number of hydrogen-bond acceptors (Lipinski definition) is 4. The van der Waals surface area contributed by atoms with E-state index < -0.39 is 0 Å². The van der Waals surface area contributed by atoms with Crippen LogP contribution in [0.15, 0.2) is 0 Å². The maximum Gasteiger partial charge on any atom is 0.248 e. The van der Waals surface area contributed by atoms with Crippen LogP contribution in [0.2, 0.25) is 0 Å². The number of morpholine rings is 1. The quantitative estimate of drug-likeness (QED) is 0.740. The number of thioether (sulfide) groups is 1. The van der Waals surface area contributed by atoms with Crippen LogP contribution in [0, 0.1) is 5.92 Å². The summed E-state index contributed by atoms with van der Waals surface area (Å²) in [7, 11) is 0. The van der Waals surface area contributed by atoms with Crippen LogP contribution in [0.4, 0.5) is 0 Å². The van der Waals surface area contributed by atoms with E-state index >= 15 is 0 Å². The highest BCUT2D eigenvalue weighted by atomic mass is 32.2. The Bertz CT molecular complexity index is 231. The van der Waals surface area contributed by atoms with Gasteiger partial charge in [-0.25, -0.2) is 0 Å². The molecule has 86 valence electrons. The molecule has 0 saturated carbocycles. The zero-order chi connectivity index (χ0) is 10.7. The van der Waals surface area contributed by atoms with E-state index in [-0.39, 0.29) is 25.2 Å². The Morgan fingerprint density at radius 3 is 3.13 bits per heavy atom. The minimum absolute atomic E-state index is 0.00317. The van der Waals surface area contributed by atoms with E-state index in [9.17, 15) is 4.79 Å². The topological polar surface area (TPSA) is 49.8 Å². The second-order valence-electron chi connectivity index (χ2n) is 4.14. The third-order valence-electron chi connectivity index (χ3n) is 2.93. The largest absolute Gasteiger partial charge is 0.394 e. The van der Waals surface area contributed by atoms with E-state index in [1.165, 1.54) is 12.2 Å². The molecule has 2 heterocycles. The predicted molar refractivity (Wildman–Crippen MR) is 58.8 cm³/mol. The Morgan fingerprint density at radius 1 is 1.60 bits per heavy atom. The van der Waals surface area contributed by atoms with Crippen molar-refractivity contribution in [2.45, 2.75) is 12.5 Å². The number of ether oxygens (including phenoxy) is 1. The third-order valence-corrected chi connectivity index (χ3v) is 4.16. The lowest BCUT2D eigenvalue weighted by atomic mass is 10.1. The standard InChI is InChI=1S/C10H17NO3S/c12-5-9-4-11(10(13)6-14-9)3-8-1-2-15-7-8/h8-9,12H,1-7H2. The van der Waals surface area contributed by atoms with Gasteiger partial charge in [0.1, 0.15) is 6.61 Å². The molecule has 0 aromatic carbocycles. The van der Waals surface area contributed by atoms with Crippen molar-refractivity contribution in [2.24, 2.45) is 5.92 Å². The van der Waals surface area contributed by atoms with Gasteiger partial charge in [-0.2, -0.15) is 11.8 Å². The molecule has 1 amide bonds. The first kappa shape index (κ1) is 11.2. The zero-order valence-corrected chi connectivity index (χ0v) is 9.54. The van der Waals surface area contributed by atoms with E-state index in [1.54, 1.807) is 0 Å². The van der Waals surface area contributed by atoms with Gasteiger partial charge in [-0.3, -0.25) is 4.79 Å². The lowest BCUT2D eigenvalue weighted by molar-refractivity contribution is -0.151. The average Bonchev–Trinajstić information content (AvgIpc) is 2.74. The van der Waals surface area contributed by atoms with Crippen molar-refractivity contribution in [2.75, 3.05) is 37.8 Å². The molecule has 2 saturated heterocycles. The van der Waals surface area contributed by atoms with Gasteiger partial charge in [-0.05, 0) is 23.8 Å². The van der Waals surface area contributed by atoms with E-state index in [0.29, 0.717) is 12.5 Å². The number of rotatable bonds is 3. The normalized spacial score (nSPS) is 32.3. The molecule has 4 nitrogen and oxygen atoms in total. The summed E-state index contributed by atoms with van der Waals surface area (Å²) >= 11 is 1.96. The van der Waals surface area contributed by atoms with Crippen LogP contribution in [0.1, 0.15) is 6.42 Å². The van der Waals surface area contributed by atoms with Gasteiger partial charge in [-0.15, -0.1) is 0 Å². The van der Waals surface area contributed by atoms with E-state index in [4.69, 9.17) is 9.84 Å². The van der Waals surface area contributed by atoms with Gasteiger partial charge in [0.25, 0.3) is 0 Å². The Kier molecular flexibility index (Phi) is 3.88. The Balaban J connectivity index is 1.85. The summed E-state index contributed by atoms with van der Waals surface area (Å²) in [5.74, 6) is 3.08. The summed E-state index contributed by atoms with van der Waals surface area (Å²) in [4.78, 5) is 13.4. The highest BCUT2D eigenvalue weighted by Gasteiger charge is 2.28. The monoisotopic (exact) mass is 231 g/mol. The predicted octanol–water partition coefficient (Wildman–Crippen LogP) is -0.0408. The average molecular weight is 231 g/mol. The minimum atomic E-state index is -0.184. The number of aliphatic hydroxyl groups excluding tert-OH is 1. The molecule has 2 fully saturated rings. The van der Waals surface area contributed by atoms with Crippen LogP contribution < -0.4 is 0 Å². The van der Waals surface area contributed by atoms with Crippen LogP contribution >= 0.6 is 11.8 Å². The van der Waals surface area contributed by atoms with Gasteiger partial charge < -0.3 is 14.7 Å². The highest BCUT2D eigenvalue weighted by molar-refractivity contribution is 7.99. The Hall–Kier alpha value is -0.260. The maximum atomic E-state index is 11.6. The van der Waals surface area contributed by atoms with Gasteiger partial charge in [0, 0.05) is 13.1 Å². The number of amides is 1. The molecule has 1 N–H and O–H groups in total.